The Kier molecular flexibility index (Phi) is 4.91. The van der Waals surface area contributed by atoms with Gasteiger partial charge in [0, 0.05) is 37.4 Å². The van der Waals surface area contributed by atoms with E-state index in [0.29, 0.717) is 23.0 Å². The van der Waals surface area contributed by atoms with Gasteiger partial charge < -0.3 is 9.80 Å². The summed E-state index contributed by atoms with van der Waals surface area (Å²) in [6, 6.07) is 17.9. The first-order valence-electron chi connectivity index (χ1n) is 8.52. The monoisotopic (exact) mass is 383 g/mol. The Morgan fingerprint density at radius 2 is 1.65 bits per heavy atom. The van der Waals surface area contributed by atoms with Gasteiger partial charge in [0.1, 0.15) is 9.88 Å². The van der Waals surface area contributed by atoms with Crippen LogP contribution in [0.5, 0.6) is 0 Å². The molecule has 3 aromatic rings. The summed E-state index contributed by atoms with van der Waals surface area (Å²) in [4.78, 5) is 22.1. The number of carbonyl (C=O) groups excluding carboxylic acids is 1. The number of aromatic nitrogens is 1. The largest absolute Gasteiger partial charge is 0.368 e. The minimum absolute atomic E-state index is 0.0496. The van der Waals surface area contributed by atoms with Crippen LogP contribution in [0.25, 0.3) is 10.6 Å². The molecule has 0 saturated carbocycles. The SMILES string of the molecule is O=C(c1cnc(-c2ccccc2Cl)s1)N1CCN(c2ccccc2)CC1. The van der Waals surface area contributed by atoms with Crippen LogP contribution >= 0.6 is 22.9 Å². The van der Waals surface area contributed by atoms with E-state index in [1.165, 1.54) is 17.0 Å². The van der Waals surface area contributed by atoms with Gasteiger partial charge >= 0.3 is 0 Å². The highest BCUT2D eigenvalue weighted by atomic mass is 35.5. The van der Waals surface area contributed by atoms with Gasteiger partial charge in [0.25, 0.3) is 5.91 Å². The fourth-order valence-corrected chi connectivity index (χ4v) is 4.30. The van der Waals surface area contributed by atoms with Crippen LogP contribution in [0.4, 0.5) is 5.69 Å². The fraction of sp³-hybridized carbons (Fsp3) is 0.200. The molecule has 1 saturated heterocycles. The summed E-state index contributed by atoms with van der Waals surface area (Å²) in [5, 5.41) is 1.43. The van der Waals surface area contributed by atoms with E-state index in [9.17, 15) is 4.79 Å². The Bertz CT molecular complexity index is 904. The molecular weight excluding hydrogens is 366 g/mol. The molecule has 2 aromatic carbocycles. The van der Waals surface area contributed by atoms with E-state index < -0.39 is 0 Å². The molecule has 26 heavy (non-hydrogen) atoms. The lowest BCUT2D eigenvalue weighted by molar-refractivity contribution is 0.0751. The van der Waals surface area contributed by atoms with Crippen molar-refractivity contribution in [3.8, 4) is 10.6 Å². The summed E-state index contributed by atoms with van der Waals surface area (Å²) >= 11 is 7.64. The third-order valence-corrected chi connectivity index (χ3v) is 5.86. The normalized spacial score (nSPS) is 14.5. The van der Waals surface area contributed by atoms with Crippen molar-refractivity contribution in [3.63, 3.8) is 0 Å². The van der Waals surface area contributed by atoms with Crippen molar-refractivity contribution in [1.29, 1.82) is 0 Å². The van der Waals surface area contributed by atoms with Gasteiger partial charge in [0.05, 0.1) is 11.2 Å². The molecule has 132 valence electrons. The molecule has 1 fully saturated rings. The second-order valence-electron chi connectivity index (χ2n) is 6.12. The Balaban J connectivity index is 1.44. The number of halogens is 1. The van der Waals surface area contributed by atoms with Crippen LogP contribution in [-0.4, -0.2) is 42.0 Å². The van der Waals surface area contributed by atoms with Crippen molar-refractivity contribution in [2.75, 3.05) is 31.1 Å². The predicted molar refractivity (Wildman–Crippen MR) is 107 cm³/mol. The first-order chi connectivity index (χ1) is 12.7. The van der Waals surface area contributed by atoms with E-state index in [1.54, 1.807) is 6.20 Å². The molecular formula is C20H18ClN3OS. The maximum absolute atomic E-state index is 12.8. The average Bonchev–Trinajstić information content (AvgIpc) is 3.18. The predicted octanol–water partition coefficient (Wildman–Crippen LogP) is 4.43. The number of nitrogens with zero attached hydrogens (tertiary/aromatic N) is 3. The Morgan fingerprint density at radius 3 is 2.38 bits per heavy atom. The first kappa shape index (κ1) is 17.1. The number of piperazine rings is 1. The summed E-state index contributed by atoms with van der Waals surface area (Å²) in [6.07, 6.45) is 1.66. The van der Waals surface area contributed by atoms with Crippen molar-refractivity contribution in [2.24, 2.45) is 0 Å². The van der Waals surface area contributed by atoms with Gasteiger partial charge in [-0.15, -0.1) is 11.3 Å². The smallest absolute Gasteiger partial charge is 0.265 e. The summed E-state index contributed by atoms with van der Waals surface area (Å²) in [7, 11) is 0. The first-order valence-corrected chi connectivity index (χ1v) is 9.72. The van der Waals surface area contributed by atoms with Gasteiger partial charge in [0.2, 0.25) is 0 Å². The van der Waals surface area contributed by atoms with Crippen LogP contribution in [0.15, 0.2) is 60.8 Å². The summed E-state index contributed by atoms with van der Waals surface area (Å²) in [5.41, 5.74) is 2.07. The highest BCUT2D eigenvalue weighted by Gasteiger charge is 2.24. The van der Waals surface area contributed by atoms with Gasteiger partial charge in [-0.2, -0.15) is 0 Å². The molecule has 1 aromatic heterocycles. The van der Waals surface area contributed by atoms with Gasteiger partial charge in [-0.05, 0) is 18.2 Å². The van der Waals surface area contributed by atoms with Crippen LogP contribution < -0.4 is 4.90 Å². The van der Waals surface area contributed by atoms with Crippen molar-refractivity contribution < 1.29 is 4.79 Å². The second-order valence-corrected chi connectivity index (χ2v) is 7.56. The van der Waals surface area contributed by atoms with Crippen molar-refractivity contribution in [2.45, 2.75) is 0 Å². The molecule has 1 aliphatic heterocycles. The minimum Gasteiger partial charge on any atom is -0.368 e. The number of rotatable bonds is 3. The van der Waals surface area contributed by atoms with Crippen molar-refractivity contribution in [3.05, 3.63) is 70.7 Å². The number of carbonyl (C=O) groups is 1. The molecule has 0 aliphatic carbocycles. The van der Waals surface area contributed by atoms with Crippen molar-refractivity contribution >= 4 is 34.5 Å². The molecule has 1 aliphatic rings. The number of para-hydroxylation sites is 1. The molecule has 0 bridgehead atoms. The number of hydrogen-bond acceptors (Lipinski definition) is 4. The molecule has 0 atom stereocenters. The molecule has 6 heteroatoms. The van der Waals surface area contributed by atoms with Gasteiger partial charge in [-0.3, -0.25) is 4.79 Å². The van der Waals surface area contributed by atoms with E-state index in [1.807, 2.05) is 47.4 Å². The van der Waals surface area contributed by atoms with Gasteiger partial charge in [-0.1, -0.05) is 48.0 Å². The van der Waals surface area contributed by atoms with E-state index in [0.717, 1.165) is 23.7 Å². The quantitative estimate of drug-likeness (QED) is 0.671. The standard InChI is InChI=1S/C20H18ClN3OS/c21-17-9-5-4-8-16(17)19-22-14-18(26-19)20(25)24-12-10-23(11-13-24)15-6-2-1-3-7-15/h1-9,14H,10-13H2. The highest BCUT2D eigenvalue weighted by Crippen LogP contribution is 2.31. The molecule has 0 unspecified atom stereocenters. The van der Waals surface area contributed by atoms with E-state index in [-0.39, 0.29) is 5.91 Å². The van der Waals surface area contributed by atoms with E-state index in [4.69, 9.17) is 11.6 Å². The molecule has 1 amide bonds. The number of hydrogen-bond donors (Lipinski definition) is 0. The lowest BCUT2D eigenvalue weighted by Gasteiger charge is -2.35. The lowest BCUT2D eigenvalue weighted by Crippen LogP contribution is -2.48. The zero-order valence-electron chi connectivity index (χ0n) is 14.1. The number of anilines is 1. The highest BCUT2D eigenvalue weighted by molar-refractivity contribution is 7.17. The van der Waals surface area contributed by atoms with E-state index in [2.05, 4.69) is 22.0 Å². The van der Waals surface area contributed by atoms with Gasteiger partial charge in [-0.25, -0.2) is 4.98 Å². The maximum Gasteiger partial charge on any atom is 0.265 e. The third-order valence-electron chi connectivity index (χ3n) is 4.51. The zero-order valence-corrected chi connectivity index (χ0v) is 15.7. The maximum atomic E-state index is 12.8. The Labute approximate surface area is 161 Å². The molecule has 4 nitrogen and oxygen atoms in total. The molecule has 0 N–H and O–H groups in total. The molecule has 2 heterocycles. The topological polar surface area (TPSA) is 36.4 Å². The van der Waals surface area contributed by atoms with Crippen molar-refractivity contribution in [1.82, 2.24) is 9.88 Å². The van der Waals surface area contributed by atoms with E-state index >= 15 is 0 Å². The second kappa shape index (κ2) is 7.48. The van der Waals surface area contributed by atoms with Gasteiger partial charge in [0.15, 0.2) is 0 Å². The van der Waals surface area contributed by atoms with Crippen LogP contribution in [0.3, 0.4) is 0 Å². The zero-order chi connectivity index (χ0) is 17.9. The fourth-order valence-electron chi connectivity index (χ4n) is 3.09. The summed E-state index contributed by atoms with van der Waals surface area (Å²) < 4.78 is 0. The number of amides is 1. The molecule has 0 radical (unpaired) electrons. The average molecular weight is 384 g/mol. The van der Waals surface area contributed by atoms with Crippen LogP contribution in [0, 0.1) is 0 Å². The Hall–Kier alpha value is -2.37. The number of benzene rings is 2. The number of thiazole rings is 1. The summed E-state index contributed by atoms with van der Waals surface area (Å²) in [5.74, 6) is 0.0496. The Morgan fingerprint density at radius 1 is 0.962 bits per heavy atom. The summed E-state index contributed by atoms with van der Waals surface area (Å²) in [6.45, 7) is 3.11. The minimum atomic E-state index is 0.0496. The molecule has 0 spiro atoms. The molecule has 4 rings (SSSR count). The van der Waals surface area contributed by atoms with Crippen LogP contribution in [-0.2, 0) is 0 Å². The van der Waals surface area contributed by atoms with Crippen LogP contribution in [0.2, 0.25) is 5.02 Å². The van der Waals surface area contributed by atoms with Crippen LogP contribution in [0.1, 0.15) is 9.67 Å². The third kappa shape index (κ3) is 3.45. The lowest BCUT2D eigenvalue weighted by atomic mass is 10.2.